The van der Waals surface area contributed by atoms with E-state index in [0.717, 1.165) is 45.3 Å². The second-order valence-corrected chi connectivity index (χ2v) is 6.82. The predicted molar refractivity (Wildman–Crippen MR) is 80.6 cm³/mol. The lowest BCUT2D eigenvalue weighted by Crippen LogP contribution is -2.46. The molecule has 0 aromatic rings. The van der Waals surface area contributed by atoms with Gasteiger partial charge in [0, 0.05) is 25.7 Å². The lowest BCUT2D eigenvalue weighted by molar-refractivity contribution is -0.133. The van der Waals surface area contributed by atoms with Gasteiger partial charge in [0.15, 0.2) is 0 Å². The number of nitrogens with zero attached hydrogens (tertiary/aromatic N) is 2. The van der Waals surface area contributed by atoms with Crippen molar-refractivity contribution in [2.75, 3.05) is 32.8 Å². The molecule has 1 saturated carbocycles. The second kappa shape index (κ2) is 6.52. The Balaban J connectivity index is 1.42. The molecule has 22 heavy (non-hydrogen) atoms. The van der Waals surface area contributed by atoms with Crippen LogP contribution in [0.15, 0.2) is 0 Å². The Kier molecular flexibility index (Phi) is 4.65. The smallest absolute Gasteiger partial charge is 0.248 e. The van der Waals surface area contributed by atoms with E-state index < -0.39 is 6.61 Å². The summed E-state index contributed by atoms with van der Waals surface area (Å²) in [6, 6.07) is 0.351. The zero-order valence-electron chi connectivity index (χ0n) is 12.9. The van der Waals surface area contributed by atoms with Gasteiger partial charge in [0.2, 0.25) is 11.8 Å². The van der Waals surface area contributed by atoms with Crippen molar-refractivity contribution in [1.29, 1.82) is 0 Å². The van der Waals surface area contributed by atoms with E-state index in [-0.39, 0.29) is 18.0 Å². The summed E-state index contributed by atoms with van der Waals surface area (Å²) in [5, 5.41) is 12.3. The van der Waals surface area contributed by atoms with Crippen LogP contribution in [0.5, 0.6) is 0 Å². The third-order valence-electron chi connectivity index (χ3n) is 5.40. The average Bonchev–Trinajstić information content (AvgIpc) is 3.17. The van der Waals surface area contributed by atoms with Crippen molar-refractivity contribution < 1.29 is 14.7 Å². The van der Waals surface area contributed by atoms with E-state index in [0.29, 0.717) is 24.4 Å². The number of likely N-dealkylation sites (tertiary alicyclic amines) is 2. The number of rotatable bonds is 4. The molecule has 3 rings (SSSR count). The molecular weight excluding hydrogens is 284 g/mol. The predicted octanol–water partition coefficient (Wildman–Crippen LogP) is -1.29. The largest absolute Gasteiger partial charge is 0.387 e. The Morgan fingerprint density at radius 2 is 1.86 bits per heavy atom. The minimum Gasteiger partial charge on any atom is -0.387 e. The van der Waals surface area contributed by atoms with Gasteiger partial charge in [-0.3, -0.25) is 9.59 Å². The average molecular weight is 310 g/mol. The zero-order chi connectivity index (χ0) is 15.7. The van der Waals surface area contributed by atoms with Crippen LogP contribution in [0.25, 0.3) is 0 Å². The van der Waals surface area contributed by atoms with Gasteiger partial charge in [0.1, 0.15) is 6.61 Å². The fourth-order valence-corrected chi connectivity index (χ4v) is 4.21. The molecule has 0 spiro atoms. The molecule has 1 aliphatic carbocycles. The molecule has 0 radical (unpaired) electrons. The molecule has 124 valence electrons. The van der Waals surface area contributed by atoms with Crippen molar-refractivity contribution in [2.45, 2.75) is 37.9 Å². The van der Waals surface area contributed by atoms with E-state index in [1.807, 2.05) is 0 Å². The summed E-state index contributed by atoms with van der Waals surface area (Å²) in [6.45, 7) is 2.22. The third kappa shape index (κ3) is 3.11. The first-order chi connectivity index (χ1) is 10.6. The Labute approximate surface area is 130 Å². The second-order valence-electron chi connectivity index (χ2n) is 6.82. The van der Waals surface area contributed by atoms with Crippen molar-refractivity contribution in [1.82, 2.24) is 15.1 Å². The van der Waals surface area contributed by atoms with Gasteiger partial charge in [-0.1, -0.05) is 0 Å². The number of aliphatic hydroxyl groups is 1. The van der Waals surface area contributed by atoms with Gasteiger partial charge in [0.05, 0.1) is 12.7 Å². The number of amides is 2. The van der Waals surface area contributed by atoms with E-state index in [1.165, 1.54) is 0 Å². The number of hydrogen-bond donors (Lipinski definition) is 3. The van der Waals surface area contributed by atoms with E-state index in [1.54, 1.807) is 9.80 Å². The van der Waals surface area contributed by atoms with Crippen LogP contribution in [-0.2, 0) is 9.59 Å². The summed E-state index contributed by atoms with van der Waals surface area (Å²) >= 11 is 0. The number of aliphatic hydroxyl groups excluding tert-OH is 1. The topological polar surface area (TPSA) is 98.9 Å². The Bertz CT molecular complexity index is 431. The summed E-state index contributed by atoms with van der Waals surface area (Å²) < 4.78 is 0. The number of carbonyl (C=O) groups excluding carboxylic acids is 2. The molecule has 7 heteroatoms. The maximum absolute atomic E-state index is 12.1. The van der Waals surface area contributed by atoms with Crippen LogP contribution in [0.3, 0.4) is 0 Å². The van der Waals surface area contributed by atoms with Crippen LogP contribution in [0.4, 0.5) is 0 Å². The molecule has 0 bridgehead atoms. The van der Waals surface area contributed by atoms with E-state index >= 15 is 0 Å². The lowest BCUT2D eigenvalue weighted by Gasteiger charge is -2.23. The quantitative estimate of drug-likeness (QED) is 0.600. The third-order valence-corrected chi connectivity index (χ3v) is 5.40. The fourth-order valence-electron chi connectivity index (χ4n) is 4.21. The molecule has 0 aromatic carbocycles. The van der Waals surface area contributed by atoms with E-state index in [4.69, 9.17) is 10.8 Å². The minimum absolute atomic E-state index is 0.0964. The van der Waals surface area contributed by atoms with Crippen molar-refractivity contribution in [2.24, 2.45) is 17.6 Å². The summed E-state index contributed by atoms with van der Waals surface area (Å²) in [4.78, 5) is 27.2. The fraction of sp³-hybridized carbons (Fsp3) is 0.867. The Morgan fingerprint density at radius 1 is 1.18 bits per heavy atom. The highest BCUT2D eigenvalue weighted by atomic mass is 16.3. The van der Waals surface area contributed by atoms with Gasteiger partial charge in [-0.15, -0.1) is 0 Å². The van der Waals surface area contributed by atoms with Gasteiger partial charge in [-0.25, -0.2) is 0 Å². The molecule has 0 aromatic heterocycles. The summed E-state index contributed by atoms with van der Waals surface area (Å²) in [7, 11) is 0. The number of hydrogen-bond acceptors (Lipinski definition) is 5. The van der Waals surface area contributed by atoms with Crippen LogP contribution in [0, 0.1) is 11.8 Å². The molecule has 3 fully saturated rings. The molecule has 0 unspecified atom stereocenters. The van der Waals surface area contributed by atoms with Crippen molar-refractivity contribution >= 4 is 11.8 Å². The first-order valence-electron chi connectivity index (χ1n) is 8.25. The van der Waals surface area contributed by atoms with Crippen LogP contribution >= 0.6 is 0 Å². The number of nitrogens with two attached hydrogens (primary N) is 1. The highest BCUT2D eigenvalue weighted by Gasteiger charge is 2.42. The van der Waals surface area contributed by atoms with Crippen molar-refractivity contribution in [3.63, 3.8) is 0 Å². The summed E-state index contributed by atoms with van der Waals surface area (Å²) in [5.74, 6) is 0.922. The van der Waals surface area contributed by atoms with Gasteiger partial charge >= 0.3 is 0 Å². The van der Waals surface area contributed by atoms with E-state index in [2.05, 4.69) is 5.32 Å². The van der Waals surface area contributed by atoms with Gasteiger partial charge in [-0.05, 0) is 37.5 Å². The Hall–Kier alpha value is -1.18. The van der Waals surface area contributed by atoms with Crippen molar-refractivity contribution in [3.8, 4) is 0 Å². The molecule has 3 aliphatic rings. The summed E-state index contributed by atoms with van der Waals surface area (Å²) in [6.07, 6.45) is 3.78. The van der Waals surface area contributed by atoms with Crippen LogP contribution < -0.4 is 11.1 Å². The summed E-state index contributed by atoms with van der Waals surface area (Å²) in [5.41, 5.74) is 5.91. The molecule has 2 heterocycles. The highest BCUT2D eigenvalue weighted by molar-refractivity contribution is 5.79. The first kappa shape index (κ1) is 15.7. The number of fused-ring (bicyclic) bond motifs is 1. The Morgan fingerprint density at radius 3 is 2.41 bits per heavy atom. The van der Waals surface area contributed by atoms with Crippen LogP contribution in [0.2, 0.25) is 0 Å². The first-order valence-corrected chi connectivity index (χ1v) is 8.25. The zero-order valence-corrected chi connectivity index (χ0v) is 12.9. The maximum atomic E-state index is 12.1. The minimum atomic E-state index is -0.397. The molecule has 7 nitrogen and oxygen atoms in total. The van der Waals surface area contributed by atoms with Crippen molar-refractivity contribution in [3.05, 3.63) is 0 Å². The SMILES string of the molecule is N[C@@H]1CCCN1C(=O)CN[C@@H]1C[C@@H]2CN(C(=O)CO)C[C@@H]2C1. The van der Waals surface area contributed by atoms with Crippen LogP contribution in [0.1, 0.15) is 25.7 Å². The maximum Gasteiger partial charge on any atom is 0.248 e. The number of carbonyl (C=O) groups is 2. The normalized spacial score (nSPS) is 34.3. The number of nitrogens with one attached hydrogen (secondary N) is 1. The molecule has 4 atom stereocenters. The molecule has 2 aliphatic heterocycles. The standard InChI is InChI=1S/C15H26N4O3/c16-13-2-1-3-19(13)14(21)6-17-12-4-10-7-18(15(22)9-20)8-11(10)5-12/h10-13,17,20H,1-9,16H2/t10-,11+,12-,13-/m0/s1. The van der Waals surface area contributed by atoms with Gasteiger partial charge in [-0.2, -0.15) is 0 Å². The molecule has 4 N–H and O–H groups in total. The van der Waals surface area contributed by atoms with Crippen LogP contribution in [-0.4, -0.2) is 71.7 Å². The lowest BCUT2D eigenvalue weighted by atomic mass is 10.0. The molecule has 2 amide bonds. The molecular formula is C15H26N4O3. The highest BCUT2D eigenvalue weighted by Crippen LogP contribution is 2.38. The molecule has 2 saturated heterocycles. The van der Waals surface area contributed by atoms with Gasteiger partial charge < -0.3 is 26.0 Å². The van der Waals surface area contributed by atoms with E-state index in [9.17, 15) is 9.59 Å². The monoisotopic (exact) mass is 310 g/mol. The van der Waals surface area contributed by atoms with Gasteiger partial charge in [0.25, 0.3) is 0 Å².